The van der Waals surface area contributed by atoms with Crippen LogP contribution < -0.4 is 5.32 Å². The molecule has 20 heavy (non-hydrogen) atoms. The highest BCUT2D eigenvalue weighted by Crippen LogP contribution is 2.25. The summed E-state index contributed by atoms with van der Waals surface area (Å²) in [5.41, 5.74) is 1.34. The first-order valence-corrected chi connectivity index (χ1v) is 8.15. The average molecular weight is 276 g/mol. The Labute approximate surface area is 122 Å². The standard InChI is InChI=1S/C17H28N2O/c1-12-6-7-19(10-13(12)2)11-17-8-15(14(3)20-17)9-18-16-4-5-16/h8,12-13,16,18H,4-7,9-11H2,1-3H3. The number of hydrogen-bond acceptors (Lipinski definition) is 3. The molecule has 2 atom stereocenters. The number of hydrogen-bond donors (Lipinski definition) is 1. The van der Waals surface area contributed by atoms with Crippen molar-refractivity contribution in [3.8, 4) is 0 Å². The smallest absolute Gasteiger partial charge is 0.118 e. The fraction of sp³-hybridized carbons (Fsp3) is 0.765. The molecule has 2 unspecified atom stereocenters. The van der Waals surface area contributed by atoms with Gasteiger partial charge in [-0.3, -0.25) is 4.90 Å². The SMILES string of the molecule is Cc1oc(CN2CCC(C)C(C)C2)cc1CNC1CC1. The van der Waals surface area contributed by atoms with Gasteiger partial charge in [0, 0.05) is 24.7 Å². The van der Waals surface area contributed by atoms with Crippen molar-refractivity contribution in [3.63, 3.8) is 0 Å². The lowest BCUT2D eigenvalue weighted by Gasteiger charge is -2.34. The number of furan rings is 1. The Morgan fingerprint density at radius 1 is 1.25 bits per heavy atom. The van der Waals surface area contributed by atoms with E-state index in [9.17, 15) is 0 Å². The summed E-state index contributed by atoms with van der Waals surface area (Å²) in [6.45, 7) is 11.2. The summed E-state index contributed by atoms with van der Waals surface area (Å²) >= 11 is 0. The summed E-state index contributed by atoms with van der Waals surface area (Å²) in [6.07, 6.45) is 4.00. The van der Waals surface area contributed by atoms with Gasteiger partial charge in [0.05, 0.1) is 6.54 Å². The van der Waals surface area contributed by atoms with Crippen LogP contribution >= 0.6 is 0 Å². The van der Waals surface area contributed by atoms with Crippen molar-refractivity contribution in [1.29, 1.82) is 0 Å². The van der Waals surface area contributed by atoms with E-state index in [1.165, 1.54) is 37.9 Å². The van der Waals surface area contributed by atoms with Gasteiger partial charge in [-0.25, -0.2) is 0 Å². The third-order valence-corrected chi connectivity index (χ3v) is 5.03. The average Bonchev–Trinajstić information content (AvgIpc) is 3.17. The molecular weight excluding hydrogens is 248 g/mol. The van der Waals surface area contributed by atoms with Crippen molar-refractivity contribution in [1.82, 2.24) is 10.2 Å². The maximum absolute atomic E-state index is 5.95. The summed E-state index contributed by atoms with van der Waals surface area (Å²) in [4.78, 5) is 2.54. The molecule has 2 aliphatic rings. The van der Waals surface area contributed by atoms with Crippen molar-refractivity contribution in [3.05, 3.63) is 23.2 Å². The number of nitrogens with one attached hydrogen (secondary N) is 1. The van der Waals surface area contributed by atoms with Crippen LogP contribution in [0.3, 0.4) is 0 Å². The Morgan fingerprint density at radius 3 is 2.75 bits per heavy atom. The van der Waals surface area contributed by atoms with Gasteiger partial charge in [-0.15, -0.1) is 0 Å². The molecule has 112 valence electrons. The molecule has 2 heterocycles. The van der Waals surface area contributed by atoms with E-state index in [0.29, 0.717) is 0 Å². The molecule has 1 aliphatic heterocycles. The van der Waals surface area contributed by atoms with Crippen molar-refractivity contribution >= 4 is 0 Å². The molecule has 0 radical (unpaired) electrons. The van der Waals surface area contributed by atoms with Crippen LogP contribution in [0.4, 0.5) is 0 Å². The van der Waals surface area contributed by atoms with E-state index in [4.69, 9.17) is 4.42 Å². The molecule has 1 saturated heterocycles. The molecule has 0 amide bonds. The van der Waals surface area contributed by atoms with Crippen LogP contribution in [0.25, 0.3) is 0 Å². The van der Waals surface area contributed by atoms with Gasteiger partial charge < -0.3 is 9.73 Å². The zero-order valence-corrected chi connectivity index (χ0v) is 13.1. The van der Waals surface area contributed by atoms with Crippen LogP contribution in [-0.2, 0) is 13.1 Å². The van der Waals surface area contributed by atoms with E-state index >= 15 is 0 Å². The maximum atomic E-state index is 5.95. The number of likely N-dealkylation sites (tertiary alicyclic amines) is 1. The van der Waals surface area contributed by atoms with Crippen LogP contribution in [0.15, 0.2) is 10.5 Å². The van der Waals surface area contributed by atoms with E-state index in [1.54, 1.807) is 0 Å². The predicted octanol–water partition coefficient (Wildman–Crippen LogP) is 3.32. The second kappa shape index (κ2) is 5.90. The second-order valence-electron chi connectivity index (χ2n) is 6.93. The van der Waals surface area contributed by atoms with Crippen LogP contribution in [0.5, 0.6) is 0 Å². The van der Waals surface area contributed by atoms with Gasteiger partial charge in [0.15, 0.2) is 0 Å². The topological polar surface area (TPSA) is 28.4 Å². The molecule has 3 nitrogen and oxygen atoms in total. The van der Waals surface area contributed by atoms with Crippen LogP contribution in [-0.4, -0.2) is 24.0 Å². The van der Waals surface area contributed by atoms with E-state index < -0.39 is 0 Å². The van der Waals surface area contributed by atoms with Crippen LogP contribution in [0.2, 0.25) is 0 Å². The Morgan fingerprint density at radius 2 is 2.05 bits per heavy atom. The lowest BCUT2D eigenvalue weighted by Crippen LogP contribution is -2.37. The number of rotatable bonds is 5. The summed E-state index contributed by atoms with van der Waals surface area (Å²) in [5, 5.41) is 3.57. The maximum Gasteiger partial charge on any atom is 0.118 e. The summed E-state index contributed by atoms with van der Waals surface area (Å²) in [6, 6.07) is 3.02. The highest BCUT2D eigenvalue weighted by atomic mass is 16.3. The van der Waals surface area contributed by atoms with Gasteiger partial charge in [-0.1, -0.05) is 13.8 Å². The molecule has 1 saturated carbocycles. The van der Waals surface area contributed by atoms with Gasteiger partial charge in [-0.2, -0.15) is 0 Å². The van der Waals surface area contributed by atoms with E-state index in [2.05, 4.69) is 37.1 Å². The minimum atomic E-state index is 0.761. The fourth-order valence-electron chi connectivity index (χ4n) is 3.10. The zero-order chi connectivity index (χ0) is 14.1. The van der Waals surface area contributed by atoms with E-state index in [0.717, 1.165) is 42.5 Å². The second-order valence-corrected chi connectivity index (χ2v) is 6.93. The third-order valence-electron chi connectivity index (χ3n) is 5.03. The van der Waals surface area contributed by atoms with Gasteiger partial charge in [0.2, 0.25) is 0 Å². The van der Waals surface area contributed by atoms with Crippen LogP contribution in [0.1, 0.15) is 50.2 Å². The molecule has 3 heteroatoms. The highest BCUT2D eigenvalue weighted by Gasteiger charge is 2.24. The van der Waals surface area contributed by atoms with E-state index in [-0.39, 0.29) is 0 Å². The highest BCUT2D eigenvalue weighted by molar-refractivity contribution is 5.21. The first kappa shape index (κ1) is 14.2. The lowest BCUT2D eigenvalue weighted by atomic mass is 9.89. The van der Waals surface area contributed by atoms with Gasteiger partial charge >= 0.3 is 0 Å². The van der Waals surface area contributed by atoms with Gasteiger partial charge in [0.25, 0.3) is 0 Å². The summed E-state index contributed by atoms with van der Waals surface area (Å²) in [7, 11) is 0. The molecule has 1 N–H and O–H groups in total. The van der Waals surface area contributed by atoms with Crippen molar-refractivity contribution in [2.75, 3.05) is 13.1 Å². The summed E-state index contributed by atoms with van der Waals surface area (Å²) < 4.78 is 5.95. The largest absolute Gasteiger partial charge is 0.465 e. The monoisotopic (exact) mass is 276 g/mol. The molecule has 0 bridgehead atoms. The lowest BCUT2D eigenvalue weighted by molar-refractivity contribution is 0.124. The minimum Gasteiger partial charge on any atom is -0.465 e. The molecule has 0 aromatic carbocycles. The number of nitrogens with zero attached hydrogens (tertiary/aromatic N) is 1. The van der Waals surface area contributed by atoms with Gasteiger partial charge in [-0.05, 0) is 50.6 Å². The Kier molecular flexibility index (Phi) is 4.18. The molecule has 3 rings (SSSR count). The first-order valence-electron chi connectivity index (χ1n) is 8.15. The van der Waals surface area contributed by atoms with Gasteiger partial charge in [0.1, 0.15) is 11.5 Å². The Hall–Kier alpha value is -0.800. The van der Waals surface area contributed by atoms with Crippen molar-refractivity contribution in [2.45, 2.75) is 59.2 Å². The van der Waals surface area contributed by atoms with E-state index in [1.807, 2.05) is 0 Å². The quantitative estimate of drug-likeness (QED) is 0.894. The molecule has 1 aliphatic carbocycles. The number of piperidine rings is 1. The predicted molar refractivity (Wildman–Crippen MR) is 81.5 cm³/mol. The van der Waals surface area contributed by atoms with Crippen LogP contribution in [0, 0.1) is 18.8 Å². The first-order chi connectivity index (χ1) is 9.61. The molecular formula is C17H28N2O. The van der Waals surface area contributed by atoms with Crippen molar-refractivity contribution in [2.24, 2.45) is 11.8 Å². The molecule has 0 spiro atoms. The molecule has 1 aromatic heterocycles. The Bertz CT molecular complexity index is 450. The normalized spacial score (nSPS) is 27.9. The molecule has 2 fully saturated rings. The molecule has 1 aromatic rings. The third kappa shape index (κ3) is 3.44. The zero-order valence-electron chi connectivity index (χ0n) is 13.1. The summed E-state index contributed by atoms with van der Waals surface area (Å²) in [5.74, 6) is 3.89. The minimum absolute atomic E-state index is 0.761. The fourth-order valence-corrected chi connectivity index (χ4v) is 3.10. The Balaban J connectivity index is 1.55. The number of aryl methyl sites for hydroxylation is 1. The van der Waals surface area contributed by atoms with Crippen molar-refractivity contribution < 1.29 is 4.42 Å².